The van der Waals surface area contributed by atoms with Crippen LogP contribution >= 0.6 is 0 Å². The van der Waals surface area contributed by atoms with Crippen LogP contribution in [0.4, 0.5) is 4.79 Å². The van der Waals surface area contributed by atoms with Gasteiger partial charge in [-0.25, -0.2) is 4.79 Å². The van der Waals surface area contributed by atoms with E-state index in [2.05, 4.69) is 24.5 Å². The van der Waals surface area contributed by atoms with Crippen LogP contribution < -0.4 is 10.6 Å². The highest BCUT2D eigenvalue weighted by Gasteiger charge is 2.51. The summed E-state index contributed by atoms with van der Waals surface area (Å²) in [7, 11) is 0. The molecule has 136 valence electrons. The lowest BCUT2D eigenvalue weighted by Crippen LogP contribution is -2.44. The number of hydrogen-bond acceptors (Lipinski definition) is 4. The Balaban J connectivity index is 1.61. The van der Waals surface area contributed by atoms with Crippen LogP contribution in [0.2, 0.25) is 0 Å². The first-order valence-corrected chi connectivity index (χ1v) is 8.93. The molecule has 0 aromatic rings. The molecule has 1 spiro atoms. The number of imide groups is 1. The minimum Gasteiger partial charge on any atom is -0.381 e. The van der Waals surface area contributed by atoms with Crippen molar-refractivity contribution in [2.45, 2.75) is 57.9 Å². The summed E-state index contributed by atoms with van der Waals surface area (Å²) in [6.45, 7) is 5.99. The molecule has 4 amide bonds. The molecule has 1 aliphatic carbocycles. The van der Waals surface area contributed by atoms with Crippen LogP contribution in [0, 0.1) is 5.92 Å². The van der Waals surface area contributed by atoms with Gasteiger partial charge in [0.15, 0.2) is 0 Å². The Kier molecular flexibility index (Phi) is 6.60. The highest BCUT2D eigenvalue weighted by Crippen LogP contribution is 2.34. The topological polar surface area (TPSA) is 87.7 Å². The van der Waals surface area contributed by atoms with Crippen molar-refractivity contribution in [2.24, 2.45) is 5.92 Å². The summed E-state index contributed by atoms with van der Waals surface area (Å²) < 4.78 is 5.37. The molecule has 1 saturated carbocycles. The van der Waals surface area contributed by atoms with Crippen LogP contribution in [0.15, 0.2) is 0 Å². The predicted octanol–water partition coefficient (Wildman–Crippen LogP) is 1.42. The average Bonchev–Trinajstić information content (AvgIpc) is 3.08. The van der Waals surface area contributed by atoms with Crippen LogP contribution in [-0.4, -0.2) is 54.6 Å². The van der Waals surface area contributed by atoms with E-state index in [-0.39, 0.29) is 17.8 Å². The molecule has 1 heterocycles. The van der Waals surface area contributed by atoms with Gasteiger partial charge in [-0.15, -0.1) is 0 Å². The second kappa shape index (κ2) is 8.46. The molecule has 0 radical (unpaired) electrons. The smallest absolute Gasteiger partial charge is 0.325 e. The van der Waals surface area contributed by atoms with Gasteiger partial charge in [0.2, 0.25) is 5.91 Å². The molecule has 0 aromatic heterocycles. The molecule has 7 nitrogen and oxygen atoms in total. The van der Waals surface area contributed by atoms with Crippen molar-refractivity contribution in [3.63, 3.8) is 0 Å². The number of carbonyl (C=O) groups is 3. The maximum absolute atomic E-state index is 12.4. The zero-order valence-electron chi connectivity index (χ0n) is 14.7. The molecule has 0 aromatic carbocycles. The lowest BCUT2D eigenvalue weighted by Gasteiger charge is -2.20. The van der Waals surface area contributed by atoms with E-state index in [9.17, 15) is 14.4 Å². The summed E-state index contributed by atoms with van der Waals surface area (Å²) in [5.74, 6) is 0.294. The molecule has 2 rings (SSSR count). The first-order valence-electron chi connectivity index (χ1n) is 8.93. The number of nitrogens with zero attached hydrogens (tertiary/aromatic N) is 1. The van der Waals surface area contributed by atoms with Crippen molar-refractivity contribution in [1.82, 2.24) is 15.5 Å². The summed E-state index contributed by atoms with van der Waals surface area (Å²) in [6, 6.07) is -0.296. The third-order valence-corrected chi connectivity index (χ3v) is 4.51. The van der Waals surface area contributed by atoms with Gasteiger partial charge in [0, 0.05) is 26.1 Å². The summed E-state index contributed by atoms with van der Waals surface area (Å²) >= 11 is 0. The van der Waals surface area contributed by atoms with Gasteiger partial charge in [-0.05, 0) is 25.2 Å². The summed E-state index contributed by atoms with van der Waals surface area (Å²) in [5, 5.41) is 5.65. The maximum atomic E-state index is 12.4. The molecule has 2 aliphatic rings. The number of carbonyl (C=O) groups excluding carboxylic acids is 3. The van der Waals surface area contributed by atoms with Crippen molar-refractivity contribution < 1.29 is 19.1 Å². The molecule has 0 atom stereocenters. The third-order valence-electron chi connectivity index (χ3n) is 4.51. The van der Waals surface area contributed by atoms with Gasteiger partial charge in [-0.3, -0.25) is 14.5 Å². The molecule has 1 aliphatic heterocycles. The lowest BCUT2D eigenvalue weighted by atomic mass is 9.98. The fraction of sp³-hybridized carbons (Fsp3) is 0.824. The number of nitrogens with one attached hydrogen (secondary N) is 2. The summed E-state index contributed by atoms with van der Waals surface area (Å²) in [4.78, 5) is 37.4. The van der Waals surface area contributed by atoms with Crippen molar-refractivity contribution in [3.05, 3.63) is 0 Å². The Morgan fingerprint density at radius 1 is 1.33 bits per heavy atom. The van der Waals surface area contributed by atoms with Gasteiger partial charge < -0.3 is 15.4 Å². The van der Waals surface area contributed by atoms with E-state index in [1.165, 1.54) is 4.90 Å². The largest absolute Gasteiger partial charge is 0.381 e. The quantitative estimate of drug-likeness (QED) is 0.491. The van der Waals surface area contributed by atoms with E-state index < -0.39 is 5.54 Å². The van der Waals surface area contributed by atoms with Crippen molar-refractivity contribution in [2.75, 3.05) is 26.3 Å². The number of rotatable bonds is 9. The number of hydrogen-bond donors (Lipinski definition) is 2. The summed E-state index contributed by atoms with van der Waals surface area (Å²) in [6.07, 6.45) is 4.33. The minimum atomic E-state index is -0.645. The van der Waals surface area contributed by atoms with Crippen LogP contribution in [0.25, 0.3) is 0 Å². The van der Waals surface area contributed by atoms with Gasteiger partial charge in [0.25, 0.3) is 5.91 Å². The van der Waals surface area contributed by atoms with Crippen molar-refractivity contribution >= 4 is 17.8 Å². The van der Waals surface area contributed by atoms with Gasteiger partial charge in [0.05, 0.1) is 6.61 Å². The van der Waals surface area contributed by atoms with E-state index in [0.29, 0.717) is 45.1 Å². The fourth-order valence-electron chi connectivity index (χ4n) is 3.23. The normalized spacial score (nSPS) is 19.4. The van der Waals surface area contributed by atoms with Crippen LogP contribution in [0.3, 0.4) is 0 Å². The van der Waals surface area contributed by atoms with E-state index in [0.717, 1.165) is 25.7 Å². The Hall–Kier alpha value is -1.63. The number of amides is 4. The van der Waals surface area contributed by atoms with Gasteiger partial charge >= 0.3 is 6.03 Å². The molecule has 1 saturated heterocycles. The lowest BCUT2D eigenvalue weighted by molar-refractivity contribution is -0.131. The van der Waals surface area contributed by atoms with Crippen molar-refractivity contribution in [1.29, 1.82) is 0 Å². The van der Waals surface area contributed by atoms with Crippen LogP contribution in [-0.2, 0) is 14.3 Å². The van der Waals surface area contributed by atoms with E-state index in [4.69, 9.17) is 4.74 Å². The van der Waals surface area contributed by atoms with Gasteiger partial charge in [-0.2, -0.15) is 0 Å². The monoisotopic (exact) mass is 339 g/mol. The zero-order chi connectivity index (χ0) is 17.6. The molecule has 0 bridgehead atoms. The molecule has 2 fully saturated rings. The van der Waals surface area contributed by atoms with E-state index in [1.807, 2.05) is 0 Å². The number of ether oxygens (including phenoxy) is 1. The molecular weight excluding hydrogens is 310 g/mol. The van der Waals surface area contributed by atoms with Crippen molar-refractivity contribution in [3.8, 4) is 0 Å². The Morgan fingerprint density at radius 2 is 2.04 bits per heavy atom. The molecule has 2 N–H and O–H groups in total. The second-order valence-electron chi connectivity index (χ2n) is 7.10. The Bertz CT molecular complexity index is 472. The predicted molar refractivity (Wildman–Crippen MR) is 89.3 cm³/mol. The second-order valence-corrected chi connectivity index (χ2v) is 7.10. The Morgan fingerprint density at radius 3 is 2.71 bits per heavy atom. The highest BCUT2D eigenvalue weighted by molar-refractivity contribution is 6.07. The Labute approximate surface area is 143 Å². The molecule has 7 heteroatoms. The zero-order valence-corrected chi connectivity index (χ0v) is 14.7. The van der Waals surface area contributed by atoms with Crippen LogP contribution in [0.1, 0.15) is 52.4 Å². The highest BCUT2D eigenvalue weighted by atomic mass is 16.5. The molecular formula is C17H29N3O4. The minimum absolute atomic E-state index is 0.0665. The SMILES string of the molecule is CC(C)COCCC(=O)NCCCN1C(=O)NC2(CCCC2)C1=O. The van der Waals surface area contributed by atoms with Gasteiger partial charge in [0.1, 0.15) is 5.54 Å². The maximum Gasteiger partial charge on any atom is 0.325 e. The summed E-state index contributed by atoms with van der Waals surface area (Å²) in [5.41, 5.74) is -0.645. The van der Waals surface area contributed by atoms with Crippen LogP contribution in [0.5, 0.6) is 0 Å². The fourth-order valence-corrected chi connectivity index (χ4v) is 3.23. The average molecular weight is 339 g/mol. The standard InChI is InChI=1S/C17H29N3O4/c1-13(2)12-24-11-6-14(21)18-9-5-10-20-15(22)17(19-16(20)23)7-3-4-8-17/h13H,3-12H2,1-2H3,(H,18,21)(H,19,23). The van der Waals surface area contributed by atoms with E-state index in [1.54, 1.807) is 0 Å². The van der Waals surface area contributed by atoms with Gasteiger partial charge in [-0.1, -0.05) is 26.7 Å². The molecule has 0 unspecified atom stereocenters. The first-order chi connectivity index (χ1) is 11.4. The molecule has 24 heavy (non-hydrogen) atoms. The first kappa shape index (κ1) is 18.7. The number of urea groups is 1. The third kappa shape index (κ3) is 4.69. The van der Waals surface area contributed by atoms with E-state index >= 15 is 0 Å².